The molecule has 0 aliphatic carbocycles. The summed E-state index contributed by atoms with van der Waals surface area (Å²) in [6, 6.07) is 11.7. The molecule has 5 rings (SSSR count). The molecule has 0 N–H and O–H groups in total. The topological polar surface area (TPSA) is 135 Å². The number of nitro groups is 1. The standard InChI is InChI=1S/C31H28ClN3O8S/c1-5-7-22-27(30(37)42-6-2)28(21-15-18(40-3)9-12-24(21)41-4)34-29(36)26(44-31(34)33-22)16-19-10-13-25(43-19)20-11-8-17(32)14-23(20)35(38)39/h8-16,28H,5-7H2,1-4H3/b26-16-/t28-/m0/s1. The number of ether oxygens (including phenoxy) is 3. The van der Waals surface area contributed by atoms with Gasteiger partial charge in [0, 0.05) is 22.7 Å². The Hall–Kier alpha value is -4.68. The third-order valence-electron chi connectivity index (χ3n) is 6.95. The summed E-state index contributed by atoms with van der Waals surface area (Å²) in [6.07, 6.45) is 2.72. The van der Waals surface area contributed by atoms with Gasteiger partial charge in [-0.3, -0.25) is 19.5 Å². The summed E-state index contributed by atoms with van der Waals surface area (Å²) in [7, 11) is 3.03. The van der Waals surface area contributed by atoms with Gasteiger partial charge in [0.2, 0.25) is 0 Å². The maximum atomic E-state index is 14.1. The first-order chi connectivity index (χ1) is 21.2. The lowest BCUT2D eigenvalue weighted by molar-refractivity contribution is -0.384. The van der Waals surface area contributed by atoms with Crippen molar-refractivity contribution in [3.05, 3.63) is 106 Å². The summed E-state index contributed by atoms with van der Waals surface area (Å²) in [5, 5.41) is 11.8. The number of fused-ring (bicyclic) bond motifs is 1. The lowest BCUT2D eigenvalue weighted by atomic mass is 9.93. The van der Waals surface area contributed by atoms with Crippen LogP contribution in [0.4, 0.5) is 5.69 Å². The van der Waals surface area contributed by atoms with Crippen LogP contribution in [-0.2, 0) is 9.53 Å². The molecule has 0 spiro atoms. The molecule has 0 radical (unpaired) electrons. The molecule has 0 saturated heterocycles. The number of nitro benzene ring substituents is 1. The number of halogens is 1. The van der Waals surface area contributed by atoms with Gasteiger partial charge < -0.3 is 18.6 Å². The Kier molecular flexibility index (Phi) is 9.02. The number of nitrogens with zero attached hydrogens (tertiary/aromatic N) is 3. The molecule has 0 saturated carbocycles. The number of allylic oxidation sites excluding steroid dienone is 1. The van der Waals surface area contributed by atoms with E-state index in [4.69, 9.17) is 35.2 Å². The zero-order valence-corrected chi connectivity index (χ0v) is 25.9. The zero-order chi connectivity index (χ0) is 31.5. The van der Waals surface area contributed by atoms with E-state index >= 15 is 0 Å². The van der Waals surface area contributed by atoms with Crippen molar-refractivity contribution in [2.45, 2.75) is 32.7 Å². The van der Waals surface area contributed by atoms with Crippen molar-refractivity contribution in [2.24, 2.45) is 4.99 Å². The number of rotatable bonds is 10. The molecule has 0 unspecified atom stereocenters. The Labute approximate surface area is 260 Å². The Balaban J connectivity index is 1.72. The summed E-state index contributed by atoms with van der Waals surface area (Å²) in [6.45, 7) is 3.83. The molecule has 1 aliphatic rings. The van der Waals surface area contributed by atoms with Crippen LogP contribution in [0.1, 0.15) is 44.1 Å². The van der Waals surface area contributed by atoms with E-state index in [0.717, 1.165) is 11.3 Å². The number of benzene rings is 2. The molecule has 2 aromatic carbocycles. The van der Waals surface area contributed by atoms with Crippen molar-refractivity contribution in [3.63, 3.8) is 0 Å². The van der Waals surface area contributed by atoms with Gasteiger partial charge in [-0.1, -0.05) is 36.3 Å². The van der Waals surface area contributed by atoms with E-state index in [2.05, 4.69) is 0 Å². The first-order valence-electron chi connectivity index (χ1n) is 13.7. The Morgan fingerprint density at radius 2 is 1.95 bits per heavy atom. The fraction of sp³-hybridized carbons (Fsp3) is 0.258. The SMILES string of the molecule is CCCC1=C(C(=O)OCC)[C@H](c2cc(OC)ccc2OC)n2c(s/c(=C\c3ccc(-c4ccc(Cl)cc4[N+](=O)[O-])o3)c2=O)=N1. The van der Waals surface area contributed by atoms with Gasteiger partial charge in [-0.25, -0.2) is 9.79 Å². The van der Waals surface area contributed by atoms with Crippen molar-refractivity contribution in [3.8, 4) is 22.8 Å². The van der Waals surface area contributed by atoms with Crippen LogP contribution in [0.25, 0.3) is 17.4 Å². The van der Waals surface area contributed by atoms with E-state index in [1.54, 1.807) is 43.3 Å². The summed E-state index contributed by atoms with van der Waals surface area (Å²) < 4.78 is 24.2. The molecule has 13 heteroatoms. The maximum absolute atomic E-state index is 14.1. The Morgan fingerprint density at radius 3 is 2.64 bits per heavy atom. The van der Waals surface area contributed by atoms with Crippen LogP contribution in [-0.4, -0.2) is 36.3 Å². The van der Waals surface area contributed by atoms with Gasteiger partial charge >= 0.3 is 5.97 Å². The average Bonchev–Trinajstić information content (AvgIpc) is 3.60. The van der Waals surface area contributed by atoms with Gasteiger partial charge in [0.1, 0.15) is 29.1 Å². The first-order valence-corrected chi connectivity index (χ1v) is 14.9. The number of thiazole rings is 1. The van der Waals surface area contributed by atoms with Crippen LogP contribution in [0.15, 0.2) is 74.0 Å². The van der Waals surface area contributed by atoms with Crippen LogP contribution < -0.4 is 24.4 Å². The van der Waals surface area contributed by atoms with Crippen LogP contribution in [0.3, 0.4) is 0 Å². The van der Waals surface area contributed by atoms with Crippen LogP contribution in [0.2, 0.25) is 5.02 Å². The molecule has 228 valence electrons. The van der Waals surface area contributed by atoms with Gasteiger partial charge in [0.05, 0.1) is 47.1 Å². The van der Waals surface area contributed by atoms with Crippen LogP contribution in [0.5, 0.6) is 11.5 Å². The average molecular weight is 638 g/mol. The molecular weight excluding hydrogens is 610 g/mol. The van der Waals surface area contributed by atoms with Crippen molar-refractivity contribution in [2.75, 3.05) is 20.8 Å². The van der Waals surface area contributed by atoms with Gasteiger partial charge in [-0.2, -0.15) is 0 Å². The van der Waals surface area contributed by atoms with E-state index in [1.807, 2.05) is 6.92 Å². The number of aromatic nitrogens is 1. The minimum absolute atomic E-state index is 0.140. The maximum Gasteiger partial charge on any atom is 0.338 e. The van der Waals surface area contributed by atoms with E-state index < -0.39 is 22.5 Å². The normalized spacial score (nSPS) is 14.7. The molecule has 1 aliphatic heterocycles. The largest absolute Gasteiger partial charge is 0.497 e. The number of esters is 1. The highest BCUT2D eigenvalue weighted by Crippen LogP contribution is 2.39. The van der Waals surface area contributed by atoms with E-state index in [-0.39, 0.29) is 38.7 Å². The van der Waals surface area contributed by atoms with Crippen molar-refractivity contribution >= 4 is 40.7 Å². The lowest BCUT2D eigenvalue weighted by Crippen LogP contribution is -2.40. The minimum atomic E-state index is -0.914. The molecule has 11 nitrogen and oxygen atoms in total. The first kappa shape index (κ1) is 30.8. The molecule has 3 heterocycles. The van der Waals surface area contributed by atoms with Gasteiger partial charge in [0.15, 0.2) is 4.80 Å². The smallest absolute Gasteiger partial charge is 0.338 e. The van der Waals surface area contributed by atoms with Gasteiger partial charge in [-0.15, -0.1) is 0 Å². The van der Waals surface area contributed by atoms with Crippen molar-refractivity contribution in [1.82, 2.24) is 4.57 Å². The molecular formula is C31H28ClN3O8S. The van der Waals surface area contributed by atoms with E-state index in [9.17, 15) is 19.7 Å². The van der Waals surface area contributed by atoms with Gasteiger partial charge in [0.25, 0.3) is 11.2 Å². The number of hydrogen-bond acceptors (Lipinski definition) is 10. The van der Waals surface area contributed by atoms with E-state index in [1.165, 1.54) is 37.0 Å². The summed E-state index contributed by atoms with van der Waals surface area (Å²) in [5.74, 6) is 0.915. The molecule has 2 aromatic heterocycles. The highest BCUT2D eigenvalue weighted by atomic mass is 35.5. The second-order valence-electron chi connectivity index (χ2n) is 9.64. The third kappa shape index (κ3) is 5.78. The summed E-state index contributed by atoms with van der Waals surface area (Å²) >= 11 is 7.10. The highest BCUT2D eigenvalue weighted by molar-refractivity contribution is 7.07. The molecule has 4 aromatic rings. The molecule has 44 heavy (non-hydrogen) atoms. The molecule has 0 bridgehead atoms. The zero-order valence-electron chi connectivity index (χ0n) is 24.3. The highest BCUT2D eigenvalue weighted by Gasteiger charge is 2.36. The lowest BCUT2D eigenvalue weighted by Gasteiger charge is -2.27. The fourth-order valence-electron chi connectivity index (χ4n) is 5.04. The summed E-state index contributed by atoms with van der Waals surface area (Å²) in [5.41, 5.74) is 0.908. The predicted molar refractivity (Wildman–Crippen MR) is 165 cm³/mol. The Bertz CT molecular complexity index is 1970. The predicted octanol–water partition coefficient (Wildman–Crippen LogP) is 5.42. The summed E-state index contributed by atoms with van der Waals surface area (Å²) in [4.78, 5) is 43.8. The monoisotopic (exact) mass is 637 g/mol. The molecule has 1 atom stereocenters. The second-order valence-corrected chi connectivity index (χ2v) is 11.1. The number of carbonyl (C=O) groups excluding carboxylic acids is 1. The number of methoxy groups -OCH3 is 2. The van der Waals surface area contributed by atoms with Gasteiger partial charge in [-0.05, 0) is 55.8 Å². The van der Waals surface area contributed by atoms with Crippen molar-refractivity contribution in [1.29, 1.82) is 0 Å². The molecule has 0 amide bonds. The van der Waals surface area contributed by atoms with E-state index in [0.29, 0.717) is 46.2 Å². The fourth-order valence-corrected chi connectivity index (χ4v) is 6.20. The number of hydrogen-bond donors (Lipinski definition) is 0. The quantitative estimate of drug-likeness (QED) is 0.128. The number of furan rings is 1. The van der Waals surface area contributed by atoms with Crippen LogP contribution >= 0.6 is 22.9 Å². The molecule has 0 fully saturated rings. The second kappa shape index (κ2) is 12.9. The minimum Gasteiger partial charge on any atom is -0.497 e. The van der Waals surface area contributed by atoms with Crippen molar-refractivity contribution < 1.29 is 28.3 Å². The number of carbonyl (C=O) groups is 1. The third-order valence-corrected chi connectivity index (χ3v) is 8.16. The van der Waals surface area contributed by atoms with Crippen LogP contribution in [0, 0.1) is 10.1 Å². The Morgan fingerprint density at radius 1 is 1.16 bits per heavy atom.